The fourth-order valence-corrected chi connectivity index (χ4v) is 4.01. The summed E-state index contributed by atoms with van der Waals surface area (Å²) in [6, 6.07) is 9.19. The molecule has 1 saturated carbocycles. The van der Waals surface area contributed by atoms with Crippen molar-refractivity contribution in [2.24, 2.45) is 5.41 Å². The Morgan fingerprint density at radius 2 is 2.08 bits per heavy atom. The Kier molecular flexibility index (Phi) is 3.85. The minimum absolute atomic E-state index is 0.0283. The number of nitrogens with one attached hydrogen (secondary N) is 1. The average Bonchev–Trinajstić information content (AvgIpc) is 3.10. The number of H-pyrrole nitrogens is 1. The van der Waals surface area contributed by atoms with Gasteiger partial charge in [-0.25, -0.2) is 0 Å². The third-order valence-corrected chi connectivity index (χ3v) is 5.83. The number of halogens is 1. The molecule has 5 nitrogen and oxygen atoms in total. The summed E-state index contributed by atoms with van der Waals surface area (Å²) >= 11 is 6.01. The number of hydrogen-bond donors (Lipinski definition) is 2. The van der Waals surface area contributed by atoms with Crippen LogP contribution in [0.2, 0.25) is 5.02 Å². The van der Waals surface area contributed by atoms with Crippen molar-refractivity contribution in [3.8, 4) is 11.3 Å². The molecule has 126 valence electrons. The Bertz CT molecular complexity index is 765. The van der Waals surface area contributed by atoms with E-state index >= 15 is 0 Å². The quantitative estimate of drug-likeness (QED) is 0.878. The predicted octanol–water partition coefficient (Wildman–Crippen LogP) is 3.11. The van der Waals surface area contributed by atoms with Gasteiger partial charge in [-0.3, -0.25) is 9.89 Å². The first-order chi connectivity index (χ1) is 11.6. The van der Waals surface area contributed by atoms with Gasteiger partial charge in [-0.2, -0.15) is 5.10 Å². The first kappa shape index (κ1) is 15.7. The van der Waals surface area contributed by atoms with E-state index in [1.807, 2.05) is 29.2 Å². The summed E-state index contributed by atoms with van der Waals surface area (Å²) in [5.41, 5.74) is 2.16. The van der Waals surface area contributed by atoms with Crippen LogP contribution in [0.1, 0.15) is 36.2 Å². The summed E-state index contributed by atoms with van der Waals surface area (Å²) in [4.78, 5) is 14.5. The number of carbonyl (C=O) groups excluding carboxylic acids is 1. The smallest absolute Gasteiger partial charge is 0.271 e. The molecule has 1 aromatic heterocycles. The molecule has 24 heavy (non-hydrogen) atoms. The van der Waals surface area contributed by atoms with E-state index in [1.54, 1.807) is 6.07 Å². The van der Waals surface area contributed by atoms with E-state index < -0.39 is 0 Å². The van der Waals surface area contributed by atoms with Crippen LogP contribution >= 0.6 is 11.6 Å². The molecule has 2 heterocycles. The number of amides is 1. The number of likely N-dealkylation sites (tertiary alicyclic amines) is 1. The largest absolute Gasteiger partial charge is 0.393 e. The summed E-state index contributed by atoms with van der Waals surface area (Å²) in [5, 5.41) is 17.7. The second kappa shape index (κ2) is 5.90. The lowest BCUT2D eigenvalue weighted by molar-refractivity contribution is -0.0952. The van der Waals surface area contributed by atoms with Gasteiger partial charge in [0.15, 0.2) is 0 Å². The Morgan fingerprint density at radius 3 is 2.71 bits per heavy atom. The Balaban J connectivity index is 1.46. The van der Waals surface area contributed by atoms with Crippen molar-refractivity contribution in [1.29, 1.82) is 0 Å². The van der Waals surface area contributed by atoms with Crippen molar-refractivity contribution >= 4 is 17.5 Å². The van der Waals surface area contributed by atoms with Gasteiger partial charge in [0.25, 0.3) is 5.91 Å². The molecule has 2 aliphatic rings. The van der Waals surface area contributed by atoms with Crippen LogP contribution in [0.15, 0.2) is 30.3 Å². The molecule has 2 fully saturated rings. The number of hydrogen-bond acceptors (Lipinski definition) is 3. The van der Waals surface area contributed by atoms with Crippen LogP contribution in [0.4, 0.5) is 0 Å². The molecule has 1 aliphatic carbocycles. The van der Waals surface area contributed by atoms with E-state index in [0.717, 1.165) is 31.2 Å². The van der Waals surface area contributed by atoms with E-state index in [0.29, 0.717) is 29.5 Å². The van der Waals surface area contributed by atoms with Crippen molar-refractivity contribution in [3.05, 3.63) is 41.0 Å². The van der Waals surface area contributed by atoms with Crippen LogP contribution in [0.5, 0.6) is 0 Å². The maximum atomic E-state index is 12.7. The summed E-state index contributed by atoms with van der Waals surface area (Å²) in [6.07, 6.45) is 3.57. The van der Waals surface area contributed by atoms with Crippen molar-refractivity contribution in [2.75, 3.05) is 13.1 Å². The minimum atomic E-state index is -0.184. The van der Waals surface area contributed by atoms with Gasteiger partial charge in [0.05, 0.1) is 11.8 Å². The first-order valence-corrected chi connectivity index (χ1v) is 8.74. The minimum Gasteiger partial charge on any atom is -0.393 e. The molecule has 1 aliphatic heterocycles. The zero-order valence-corrected chi connectivity index (χ0v) is 14.1. The highest BCUT2D eigenvalue weighted by molar-refractivity contribution is 6.30. The number of nitrogens with zero attached hydrogens (tertiary/aromatic N) is 2. The average molecular weight is 346 g/mol. The molecule has 4 rings (SSSR count). The van der Waals surface area contributed by atoms with Gasteiger partial charge in [0.2, 0.25) is 0 Å². The number of benzene rings is 1. The first-order valence-electron chi connectivity index (χ1n) is 8.36. The molecule has 1 atom stereocenters. The van der Waals surface area contributed by atoms with Crippen LogP contribution < -0.4 is 0 Å². The monoisotopic (exact) mass is 345 g/mol. The highest BCUT2D eigenvalue weighted by Gasteiger charge is 2.47. The third-order valence-electron chi connectivity index (χ3n) is 5.60. The molecule has 0 bridgehead atoms. The van der Waals surface area contributed by atoms with Crippen LogP contribution in [0.25, 0.3) is 11.3 Å². The Labute approximate surface area is 145 Å². The summed E-state index contributed by atoms with van der Waals surface area (Å²) in [7, 11) is 0. The standard InChI is InChI=1S/C18H20ClN3O2/c19-13-3-1-2-12(10-13)14-11-15(21-20-14)17(24)22-8-6-18(7-9-22)5-4-16(18)23/h1-3,10-11,16,23H,4-9H2,(H,20,21). The van der Waals surface area contributed by atoms with Gasteiger partial charge in [0.1, 0.15) is 5.69 Å². The Hall–Kier alpha value is -1.85. The zero-order valence-electron chi connectivity index (χ0n) is 13.3. The normalized spacial score (nSPS) is 22.4. The van der Waals surface area contributed by atoms with Crippen molar-refractivity contribution < 1.29 is 9.90 Å². The fourth-order valence-electron chi connectivity index (χ4n) is 3.82. The maximum absolute atomic E-state index is 12.7. The molecule has 1 amide bonds. The van der Waals surface area contributed by atoms with Gasteiger partial charge in [-0.15, -0.1) is 0 Å². The summed E-state index contributed by atoms with van der Waals surface area (Å²) in [6.45, 7) is 1.39. The van der Waals surface area contributed by atoms with Gasteiger partial charge < -0.3 is 10.0 Å². The van der Waals surface area contributed by atoms with Gasteiger partial charge >= 0.3 is 0 Å². The lowest BCUT2D eigenvalue weighted by atomic mass is 9.61. The zero-order chi connectivity index (χ0) is 16.7. The van der Waals surface area contributed by atoms with E-state index in [2.05, 4.69) is 10.2 Å². The number of aromatic amines is 1. The number of carbonyl (C=O) groups is 1. The van der Waals surface area contributed by atoms with Gasteiger partial charge in [0, 0.05) is 23.7 Å². The molecule has 6 heteroatoms. The molecule has 2 aromatic rings. The molecule has 2 N–H and O–H groups in total. The number of rotatable bonds is 2. The van der Waals surface area contributed by atoms with Crippen LogP contribution in [0.3, 0.4) is 0 Å². The van der Waals surface area contributed by atoms with Crippen LogP contribution in [-0.2, 0) is 0 Å². The highest BCUT2D eigenvalue weighted by atomic mass is 35.5. The van der Waals surface area contributed by atoms with Crippen molar-refractivity contribution in [3.63, 3.8) is 0 Å². The van der Waals surface area contributed by atoms with Crippen molar-refractivity contribution in [1.82, 2.24) is 15.1 Å². The number of aliphatic hydroxyl groups excluding tert-OH is 1. The lowest BCUT2D eigenvalue weighted by Gasteiger charge is -2.51. The summed E-state index contributed by atoms with van der Waals surface area (Å²) < 4.78 is 0. The molecule has 1 aromatic carbocycles. The van der Waals surface area contributed by atoms with Gasteiger partial charge in [-0.05, 0) is 49.3 Å². The topological polar surface area (TPSA) is 69.2 Å². The fraction of sp³-hybridized carbons (Fsp3) is 0.444. The second-order valence-electron chi connectivity index (χ2n) is 6.89. The maximum Gasteiger partial charge on any atom is 0.271 e. The molecular formula is C18H20ClN3O2. The van der Waals surface area contributed by atoms with Crippen molar-refractivity contribution in [2.45, 2.75) is 31.8 Å². The number of piperidine rings is 1. The van der Waals surface area contributed by atoms with Crippen LogP contribution in [0, 0.1) is 5.41 Å². The number of aliphatic hydroxyl groups is 1. The molecule has 1 unspecified atom stereocenters. The molecule has 0 radical (unpaired) electrons. The predicted molar refractivity (Wildman–Crippen MR) is 91.8 cm³/mol. The highest BCUT2D eigenvalue weighted by Crippen LogP contribution is 2.49. The van der Waals surface area contributed by atoms with Gasteiger partial charge in [-0.1, -0.05) is 23.7 Å². The number of aromatic nitrogens is 2. The Morgan fingerprint density at radius 1 is 1.29 bits per heavy atom. The second-order valence-corrected chi connectivity index (χ2v) is 7.32. The third kappa shape index (κ3) is 2.62. The lowest BCUT2D eigenvalue weighted by Crippen LogP contribution is -2.53. The van der Waals surface area contributed by atoms with E-state index in [-0.39, 0.29) is 17.4 Å². The van der Waals surface area contributed by atoms with Crippen LogP contribution in [-0.4, -0.2) is 45.3 Å². The molecular weight excluding hydrogens is 326 g/mol. The molecule has 1 spiro atoms. The van der Waals surface area contributed by atoms with E-state index in [4.69, 9.17) is 11.6 Å². The summed E-state index contributed by atoms with van der Waals surface area (Å²) in [5.74, 6) is -0.0283. The van der Waals surface area contributed by atoms with E-state index in [9.17, 15) is 9.90 Å². The SMILES string of the molecule is O=C(c1cc(-c2cccc(Cl)c2)n[nH]1)N1CCC2(CCC2O)CC1. The molecule has 1 saturated heterocycles. The van der Waals surface area contributed by atoms with E-state index in [1.165, 1.54) is 0 Å².